The zero-order chi connectivity index (χ0) is 22.0. The van der Waals surface area contributed by atoms with E-state index in [0.29, 0.717) is 5.56 Å². The molecule has 4 N–H and O–H groups in total. The van der Waals surface area contributed by atoms with Gasteiger partial charge in [0.05, 0.1) is 18.2 Å². The van der Waals surface area contributed by atoms with Crippen LogP contribution in [0.5, 0.6) is 5.75 Å². The van der Waals surface area contributed by atoms with Gasteiger partial charge in [-0.15, -0.1) is 0 Å². The fourth-order valence-electron chi connectivity index (χ4n) is 3.74. The number of aromatic hydroxyl groups is 1. The number of carbonyl (C=O) groups excluding carboxylic acids is 1. The molecule has 0 radical (unpaired) electrons. The van der Waals surface area contributed by atoms with E-state index in [1.54, 1.807) is 18.2 Å². The van der Waals surface area contributed by atoms with Crippen LogP contribution in [0.15, 0.2) is 77.3 Å². The molecule has 0 amide bonds. The van der Waals surface area contributed by atoms with Crippen LogP contribution in [0.4, 0.5) is 0 Å². The van der Waals surface area contributed by atoms with Crippen molar-refractivity contribution >= 4 is 27.6 Å². The molecule has 0 fully saturated rings. The number of benzene rings is 3. The van der Waals surface area contributed by atoms with Crippen molar-refractivity contribution in [3.05, 3.63) is 105 Å². The number of rotatable bonds is 4. The number of carbonyl (C=O) groups is 1. The first-order valence-corrected chi connectivity index (χ1v) is 10.8. The Labute approximate surface area is 189 Å². The van der Waals surface area contributed by atoms with Crippen molar-refractivity contribution < 1.29 is 20.0 Å². The number of methoxy groups -OCH3 is 1. The summed E-state index contributed by atoms with van der Waals surface area (Å²) in [6.45, 7) is 2.06. The third kappa shape index (κ3) is 4.65. The van der Waals surface area contributed by atoms with Crippen LogP contribution in [0.2, 0.25) is 0 Å². The second-order valence-corrected chi connectivity index (χ2v) is 8.52. The summed E-state index contributed by atoms with van der Waals surface area (Å²) < 4.78 is 5.72. The van der Waals surface area contributed by atoms with E-state index >= 15 is 0 Å². The zero-order valence-corrected chi connectivity index (χ0v) is 18.9. The van der Waals surface area contributed by atoms with Gasteiger partial charge in [-0.3, -0.25) is 0 Å². The van der Waals surface area contributed by atoms with Crippen molar-refractivity contribution in [3.8, 4) is 5.75 Å². The molecule has 0 spiro atoms. The lowest BCUT2D eigenvalue weighted by Crippen LogP contribution is -2.89. The molecule has 6 heteroatoms. The molecule has 1 aliphatic heterocycles. The minimum Gasteiger partial charge on any atom is -0.507 e. The molecular formula is C25H24BrN2O3+. The molecule has 2 unspecified atom stereocenters. The normalized spacial score (nSPS) is 18.1. The van der Waals surface area contributed by atoms with Gasteiger partial charge in [0, 0.05) is 21.8 Å². The minimum atomic E-state index is -0.357. The lowest BCUT2D eigenvalue weighted by atomic mass is 9.97. The highest BCUT2D eigenvalue weighted by molar-refractivity contribution is 9.10. The number of hydrogen-bond donors (Lipinski definition) is 3. The fourth-order valence-corrected chi connectivity index (χ4v) is 4.12. The second-order valence-electron chi connectivity index (χ2n) is 7.60. The Morgan fingerprint density at radius 1 is 1.06 bits per heavy atom. The van der Waals surface area contributed by atoms with Crippen molar-refractivity contribution in [2.75, 3.05) is 7.11 Å². The zero-order valence-electron chi connectivity index (χ0n) is 17.3. The van der Waals surface area contributed by atoms with Crippen LogP contribution < -0.4 is 10.6 Å². The van der Waals surface area contributed by atoms with Gasteiger partial charge < -0.3 is 20.5 Å². The first-order chi connectivity index (χ1) is 14.9. The van der Waals surface area contributed by atoms with E-state index in [9.17, 15) is 9.90 Å². The summed E-state index contributed by atoms with van der Waals surface area (Å²) in [4.78, 5) is 11.8. The van der Waals surface area contributed by atoms with Crippen molar-refractivity contribution in [2.24, 2.45) is 0 Å². The number of quaternary nitrogens is 1. The largest absolute Gasteiger partial charge is 0.507 e. The Hall–Kier alpha value is -3.09. The number of aryl methyl sites for hydroxylation is 1. The van der Waals surface area contributed by atoms with Crippen molar-refractivity contribution in [2.45, 2.75) is 19.1 Å². The monoisotopic (exact) mass is 479 g/mol. The quantitative estimate of drug-likeness (QED) is 0.490. The van der Waals surface area contributed by atoms with Crippen LogP contribution in [0.1, 0.15) is 44.8 Å². The summed E-state index contributed by atoms with van der Waals surface area (Å²) in [6.07, 6.45) is 2.03. The first kappa shape index (κ1) is 21.2. The Morgan fingerprint density at radius 2 is 1.77 bits per heavy atom. The van der Waals surface area contributed by atoms with Gasteiger partial charge in [-0.2, -0.15) is 0 Å². The number of ether oxygens (including phenoxy) is 1. The van der Waals surface area contributed by atoms with Gasteiger partial charge in [0.25, 0.3) is 0 Å². The molecule has 0 saturated carbocycles. The van der Waals surface area contributed by atoms with E-state index in [0.717, 1.165) is 26.9 Å². The maximum Gasteiger partial charge on any atom is 0.337 e. The van der Waals surface area contributed by atoms with Gasteiger partial charge in [-0.25, -0.2) is 4.79 Å². The number of phenolic OH excluding ortho intramolecular Hbond substituents is 1. The minimum absolute atomic E-state index is 0.0969. The molecule has 2 atom stereocenters. The third-order valence-corrected chi connectivity index (χ3v) is 5.95. The van der Waals surface area contributed by atoms with E-state index in [-0.39, 0.29) is 23.9 Å². The van der Waals surface area contributed by atoms with E-state index in [2.05, 4.69) is 63.8 Å². The van der Waals surface area contributed by atoms with Crippen LogP contribution in [0, 0.1) is 6.92 Å². The summed E-state index contributed by atoms with van der Waals surface area (Å²) in [5.41, 5.74) is 5.63. The SMILES string of the molecule is COC(=O)c1ccc(C2NC(c3ccc(C)cc3)=CC(c3cc(Br)ccc3O)[NH2+]2)cc1. The maximum absolute atomic E-state index is 11.8. The summed E-state index contributed by atoms with van der Waals surface area (Å²) in [7, 11) is 1.38. The number of esters is 1. The molecule has 0 bridgehead atoms. The summed E-state index contributed by atoms with van der Waals surface area (Å²) in [6, 6.07) is 21.1. The summed E-state index contributed by atoms with van der Waals surface area (Å²) in [5.74, 6) is -0.102. The molecule has 1 heterocycles. The highest BCUT2D eigenvalue weighted by Crippen LogP contribution is 2.31. The van der Waals surface area contributed by atoms with Crippen LogP contribution in [-0.2, 0) is 4.74 Å². The molecule has 5 nitrogen and oxygen atoms in total. The second kappa shape index (κ2) is 8.96. The van der Waals surface area contributed by atoms with Crippen LogP contribution in [-0.4, -0.2) is 18.2 Å². The van der Waals surface area contributed by atoms with E-state index < -0.39 is 0 Å². The van der Waals surface area contributed by atoms with E-state index in [4.69, 9.17) is 4.74 Å². The molecule has 0 saturated heterocycles. The molecular weight excluding hydrogens is 456 g/mol. The van der Waals surface area contributed by atoms with Crippen LogP contribution >= 0.6 is 15.9 Å². The number of nitrogens with two attached hydrogens (primary N) is 1. The predicted octanol–water partition coefficient (Wildman–Crippen LogP) is 4.20. The van der Waals surface area contributed by atoms with Gasteiger partial charge in [-0.1, -0.05) is 57.9 Å². The number of halogens is 1. The number of phenols is 1. The molecule has 3 aromatic carbocycles. The third-order valence-electron chi connectivity index (χ3n) is 5.46. The van der Waals surface area contributed by atoms with Gasteiger partial charge >= 0.3 is 5.97 Å². The standard InChI is InChI=1S/C25H23BrN2O3/c1-15-3-5-16(6-4-15)21-14-22(20-13-19(26)11-12-23(20)29)28-24(27-21)17-7-9-18(10-8-17)25(30)31-2/h3-14,22,24,27-29H,1-2H3/p+1. The average molecular weight is 480 g/mol. The van der Waals surface area contributed by atoms with Gasteiger partial charge in [0.1, 0.15) is 11.8 Å². The van der Waals surface area contributed by atoms with Crippen LogP contribution in [0.3, 0.4) is 0 Å². The topological polar surface area (TPSA) is 75.2 Å². The van der Waals surface area contributed by atoms with E-state index in [1.807, 2.05) is 24.3 Å². The van der Waals surface area contributed by atoms with Gasteiger partial charge in [-0.05, 0) is 42.8 Å². The lowest BCUT2D eigenvalue weighted by Gasteiger charge is -2.30. The molecule has 158 valence electrons. The fraction of sp³-hybridized carbons (Fsp3) is 0.160. The smallest absolute Gasteiger partial charge is 0.337 e. The molecule has 3 aromatic rings. The summed E-state index contributed by atoms with van der Waals surface area (Å²) in [5, 5.41) is 16.3. The molecule has 31 heavy (non-hydrogen) atoms. The van der Waals surface area contributed by atoms with E-state index in [1.165, 1.54) is 12.7 Å². The molecule has 0 aliphatic carbocycles. The predicted molar refractivity (Wildman–Crippen MR) is 123 cm³/mol. The Bertz CT molecular complexity index is 1120. The Kier molecular flexibility index (Phi) is 6.11. The van der Waals surface area contributed by atoms with Gasteiger partial charge in [0.15, 0.2) is 6.17 Å². The number of hydrogen-bond acceptors (Lipinski definition) is 4. The first-order valence-electron chi connectivity index (χ1n) is 10.0. The van der Waals surface area contributed by atoms with Crippen molar-refractivity contribution in [1.29, 1.82) is 0 Å². The summed E-state index contributed by atoms with van der Waals surface area (Å²) >= 11 is 3.51. The Morgan fingerprint density at radius 3 is 2.45 bits per heavy atom. The van der Waals surface area contributed by atoms with Crippen LogP contribution in [0.25, 0.3) is 5.70 Å². The average Bonchev–Trinajstić information content (AvgIpc) is 2.80. The highest BCUT2D eigenvalue weighted by atomic mass is 79.9. The van der Waals surface area contributed by atoms with Crippen molar-refractivity contribution in [1.82, 2.24) is 5.32 Å². The highest BCUT2D eigenvalue weighted by Gasteiger charge is 2.29. The maximum atomic E-state index is 11.8. The van der Waals surface area contributed by atoms with Crippen molar-refractivity contribution in [3.63, 3.8) is 0 Å². The Balaban J connectivity index is 1.72. The molecule has 0 aromatic heterocycles. The van der Waals surface area contributed by atoms with Gasteiger partial charge in [0.2, 0.25) is 0 Å². The molecule has 1 aliphatic rings. The number of nitrogens with one attached hydrogen (secondary N) is 1. The molecule has 4 rings (SSSR count). The lowest BCUT2D eigenvalue weighted by molar-refractivity contribution is -0.731.